The van der Waals surface area contributed by atoms with Crippen molar-refractivity contribution < 1.29 is 22.4 Å². The lowest BCUT2D eigenvalue weighted by atomic mass is 10.2. The molecule has 1 heterocycles. The summed E-state index contributed by atoms with van der Waals surface area (Å²) in [6.07, 6.45) is -4.52. The lowest BCUT2D eigenvalue weighted by Gasteiger charge is -2.10. The molecule has 3 rings (SSSR count). The SMILES string of the molecule is O=C(Nc1cc(C(F)(F)F)ccc1Cl)c1cc2ccccc2o1. The number of halogens is 4. The van der Waals surface area contributed by atoms with Crippen LogP contribution in [0.4, 0.5) is 18.9 Å². The molecule has 0 aliphatic carbocycles. The molecule has 0 radical (unpaired) electrons. The molecular weight excluding hydrogens is 331 g/mol. The number of fused-ring (bicyclic) bond motifs is 1. The van der Waals surface area contributed by atoms with Crippen LogP contribution in [0.2, 0.25) is 5.02 Å². The van der Waals surface area contributed by atoms with Crippen LogP contribution < -0.4 is 5.32 Å². The fraction of sp³-hybridized carbons (Fsp3) is 0.0625. The highest BCUT2D eigenvalue weighted by molar-refractivity contribution is 6.34. The summed E-state index contributed by atoms with van der Waals surface area (Å²) in [6.45, 7) is 0. The van der Waals surface area contributed by atoms with Gasteiger partial charge in [-0.2, -0.15) is 13.2 Å². The Hall–Kier alpha value is -2.47. The third kappa shape index (κ3) is 3.17. The molecule has 1 N–H and O–H groups in total. The van der Waals surface area contributed by atoms with Crippen LogP contribution in [0.15, 0.2) is 52.9 Å². The molecule has 1 aromatic heterocycles. The molecule has 3 aromatic rings. The van der Waals surface area contributed by atoms with Gasteiger partial charge in [-0.15, -0.1) is 0 Å². The molecule has 118 valence electrons. The zero-order chi connectivity index (χ0) is 16.6. The van der Waals surface area contributed by atoms with Crippen molar-refractivity contribution in [2.45, 2.75) is 6.18 Å². The van der Waals surface area contributed by atoms with E-state index in [4.69, 9.17) is 16.0 Å². The average molecular weight is 340 g/mol. The lowest BCUT2D eigenvalue weighted by molar-refractivity contribution is -0.137. The maximum atomic E-state index is 12.7. The molecule has 2 aromatic carbocycles. The Balaban J connectivity index is 1.90. The third-order valence-corrected chi connectivity index (χ3v) is 3.52. The Morgan fingerprint density at radius 3 is 2.52 bits per heavy atom. The van der Waals surface area contributed by atoms with Crippen LogP contribution in [0.1, 0.15) is 16.1 Å². The Morgan fingerprint density at radius 1 is 1.09 bits per heavy atom. The van der Waals surface area contributed by atoms with Gasteiger partial charge in [0.1, 0.15) is 5.58 Å². The summed E-state index contributed by atoms with van der Waals surface area (Å²) in [5, 5.41) is 3.05. The second-order valence-electron chi connectivity index (χ2n) is 4.79. The molecule has 0 spiro atoms. The molecule has 0 saturated heterocycles. The predicted octanol–water partition coefficient (Wildman–Crippen LogP) is 5.36. The number of para-hydroxylation sites is 1. The summed E-state index contributed by atoms with van der Waals surface area (Å²) in [5.41, 5.74) is -0.526. The maximum absolute atomic E-state index is 12.7. The lowest BCUT2D eigenvalue weighted by Crippen LogP contribution is -2.13. The summed E-state index contributed by atoms with van der Waals surface area (Å²) in [4.78, 5) is 12.2. The molecule has 0 bridgehead atoms. The molecule has 3 nitrogen and oxygen atoms in total. The van der Waals surface area contributed by atoms with Crippen LogP contribution in [0.25, 0.3) is 11.0 Å². The summed E-state index contributed by atoms with van der Waals surface area (Å²) >= 11 is 5.84. The van der Waals surface area contributed by atoms with Crippen molar-refractivity contribution in [1.29, 1.82) is 0 Å². The van der Waals surface area contributed by atoms with Crippen molar-refractivity contribution in [2.24, 2.45) is 0 Å². The zero-order valence-electron chi connectivity index (χ0n) is 11.4. The van der Waals surface area contributed by atoms with Gasteiger partial charge in [-0.3, -0.25) is 4.79 Å². The fourth-order valence-electron chi connectivity index (χ4n) is 2.08. The molecule has 7 heteroatoms. The normalized spacial score (nSPS) is 11.7. The van der Waals surface area contributed by atoms with Crippen molar-refractivity contribution in [3.05, 3.63) is 64.9 Å². The number of carbonyl (C=O) groups is 1. The summed E-state index contributed by atoms with van der Waals surface area (Å²) < 4.78 is 43.5. The average Bonchev–Trinajstić information content (AvgIpc) is 2.92. The molecule has 0 fully saturated rings. The minimum absolute atomic E-state index is 0.00228. The van der Waals surface area contributed by atoms with E-state index in [-0.39, 0.29) is 16.5 Å². The molecular formula is C16H9ClF3NO2. The first kappa shape index (κ1) is 15.4. The highest BCUT2D eigenvalue weighted by Crippen LogP contribution is 2.34. The summed E-state index contributed by atoms with van der Waals surface area (Å²) in [6, 6.07) is 11.2. The maximum Gasteiger partial charge on any atom is 0.416 e. The molecule has 0 atom stereocenters. The van der Waals surface area contributed by atoms with Crippen molar-refractivity contribution in [2.75, 3.05) is 5.32 Å². The van der Waals surface area contributed by atoms with E-state index in [2.05, 4.69) is 5.32 Å². The van der Waals surface area contributed by atoms with Crippen molar-refractivity contribution in [3.63, 3.8) is 0 Å². The first-order valence-electron chi connectivity index (χ1n) is 6.51. The van der Waals surface area contributed by atoms with Crippen LogP contribution in [0.5, 0.6) is 0 Å². The van der Waals surface area contributed by atoms with E-state index < -0.39 is 17.6 Å². The molecule has 0 saturated carbocycles. The highest BCUT2D eigenvalue weighted by Gasteiger charge is 2.31. The number of furan rings is 1. The minimum atomic E-state index is -4.52. The fourth-order valence-corrected chi connectivity index (χ4v) is 2.24. The Morgan fingerprint density at radius 2 is 1.83 bits per heavy atom. The van der Waals surface area contributed by atoms with Crippen LogP contribution >= 0.6 is 11.6 Å². The van der Waals surface area contributed by atoms with Gasteiger partial charge >= 0.3 is 6.18 Å². The van der Waals surface area contributed by atoms with E-state index in [1.807, 2.05) is 0 Å². The molecule has 23 heavy (non-hydrogen) atoms. The Labute approximate surface area is 133 Å². The number of anilines is 1. The monoisotopic (exact) mass is 339 g/mol. The largest absolute Gasteiger partial charge is 0.451 e. The predicted molar refractivity (Wildman–Crippen MR) is 80.6 cm³/mol. The van der Waals surface area contributed by atoms with Crippen LogP contribution in [-0.4, -0.2) is 5.91 Å². The van der Waals surface area contributed by atoms with E-state index >= 15 is 0 Å². The van der Waals surface area contributed by atoms with E-state index in [0.717, 1.165) is 18.2 Å². The van der Waals surface area contributed by atoms with Gasteiger partial charge in [0.2, 0.25) is 0 Å². The number of amides is 1. The van der Waals surface area contributed by atoms with Crippen LogP contribution in [0.3, 0.4) is 0 Å². The van der Waals surface area contributed by atoms with Crippen LogP contribution in [-0.2, 0) is 6.18 Å². The van der Waals surface area contributed by atoms with E-state index in [1.165, 1.54) is 6.07 Å². The number of alkyl halides is 3. The van der Waals surface area contributed by atoms with Gasteiger partial charge in [-0.1, -0.05) is 29.8 Å². The number of hydrogen-bond acceptors (Lipinski definition) is 2. The van der Waals surface area contributed by atoms with E-state index in [0.29, 0.717) is 11.0 Å². The van der Waals surface area contributed by atoms with Crippen molar-refractivity contribution >= 4 is 34.2 Å². The number of hydrogen-bond donors (Lipinski definition) is 1. The first-order valence-corrected chi connectivity index (χ1v) is 6.89. The van der Waals surface area contributed by atoms with E-state index in [1.54, 1.807) is 24.3 Å². The molecule has 0 aliphatic heterocycles. The van der Waals surface area contributed by atoms with Crippen molar-refractivity contribution in [1.82, 2.24) is 0 Å². The summed E-state index contributed by atoms with van der Waals surface area (Å²) in [7, 11) is 0. The molecule has 0 unspecified atom stereocenters. The standard InChI is InChI=1S/C16H9ClF3NO2/c17-11-6-5-10(16(18,19)20)8-12(11)21-15(22)14-7-9-3-1-2-4-13(9)23-14/h1-8H,(H,21,22). The second-order valence-corrected chi connectivity index (χ2v) is 5.20. The number of benzene rings is 2. The van der Waals surface area contributed by atoms with Crippen LogP contribution in [0, 0.1) is 0 Å². The Bertz CT molecular complexity index is 853. The second kappa shape index (κ2) is 5.62. The topological polar surface area (TPSA) is 42.2 Å². The minimum Gasteiger partial charge on any atom is -0.451 e. The third-order valence-electron chi connectivity index (χ3n) is 3.19. The smallest absolute Gasteiger partial charge is 0.416 e. The number of rotatable bonds is 2. The number of nitrogens with one attached hydrogen (secondary N) is 1. The molecule has 0 aliphatic rings. The van der Waals surface area contributed by atoms with Gasteiger partial charge in [-0.05, 0) is 30.3 Å². The first-order chi connectivity index (χ1) is 10.8. The quantitative estimate of drug-likeness (QED) is 0.683. The zero-order valence-corrected chi connectivity index (χ0v) is 12.2. The van der Waals surface area contributed by atoms with Gasteiger partial charge in [0.15, 0.2) is 5.76 Å². The molecule has 1 amide bonds. The number of carbonyl (C=O) groups excluding carboxylic acids is 1. The van der Waals surface area contributed by atoms with Crippen molar-refractivity contribution in [3.8, 4) is 0 Å². The van der Waals surface area contributed by atoms with Gasteiger partial charge < -0.3 is 9.73 Å². The van der Waals surface area contributed by atoms with E-state index in [9.17, 15) is 18.0 Å². The summed E-state index contributed by atoms with van der Waals surface area (Å²) in [5.74, 6) is -0.692. The van der Waals surface area contributed by atoms with Gasteiger partial charge in [-0.25, -0.2) is 0 Å². The Kier molecular flexibility index (Phi) is 3.77. The van der Waals surface area contributed by atoms with Gasteiger partial charge in [0.05, 0.1) is 16.3 Å². The van der Waals surface area contributed by atoms with Gasteiger partial charge in [0, 0.05) is 5.39 Å². The highest BCUT2D eigenvalue weighted by atomic mass is 35.5. The van der Waals surface area contributed by atoms with Gasteiger partial charge in [0.25, 0.3) is 5.91 Å².